The van der Waals surface area contributed by atoms with Gasteiger partial charge in [-0.1, -0.05) is 25.0 Å². The Morgan fingerprint density at radius 1 is 1.42 bits per heavy atom. The van der Waals surface area contributed by atoms with Crippen LogP contribution in [0.15, 0.2) is 24.3 Å². The number of hydrogen-bond acceptors (Lipinski definition) is 3. The first-order valence-electron chi connectivity index (χ1n) is 7.20. The first-order valence-corrected chi connectivity index (χ1v) is 7.20. The van der Waals surface area contributed by atoms with Crippen molar-refractivity contribution < 1.29 is 9.53 Å². The standard InChI is InChI=1S/C16H23NO2/c1-3-19-16(18)15(13-8-4-5-9-13)17-14-10-6-7-12(2)11-14/h6-7,10-11,13,15,17H,3-5,8-9H2,1-2H3. The summed E-state index contributed by atoms with van der Waals surface area (Å²) in [4.78, 5) is 12.1. The molecule has 1 unspecified atom stereocenters. The number of rotatable bonds is 5. The lowest BCUT2D eigenvalue weighted by Gasteiger charge is -2.24. The Hall–Kier alpha value is -1.51. The number of carbonyl (C=O) groups excluding carboxylic acids is 1. The fourth-order valence-electron chi connectivity index (χ4n) is 2.81. The van der Waals surface area contributed by atoms with Crippen molar-refractivity contribution in [3.8, 4) is 0 Å². The van der Waals surface area contributed by atoms with Gasteiger partial charge in [-0.05, 0) is 50.3 Å². The van der Waals surface area contributed by atoms with Crippen LogP contribution in [-0.2, 0) is 9.53 Å². The minimum atomic E-state index is -0.204. The Balaban J connectivity index is 2.10. The van der Waals surface area contributed by atoms with E-state index in [1.807, 2.05) is 19.1 Å². The van der Waals surface area contributed by atoms with E-state index in [0.29, 0.717) is 12.5 Å². The number of carbonyl (C=O) groups is 1. The summed E-state index contributed by atoms with van der Waals surface area (Å²) in [6.45, 7) is 4.36. The molecule has 1 saturated carbocycles. The second kappa shape index (κ2) is 6.60. The van der Waals surface area contributed by atoms with E-state index in [1.165, 1.54) is 18.4 Å². The van der Waals surface area contributed by atoms with Gasteiger partial charge in [0.05, 0.1) is 6.61 Å². The molecule has 0 spiro atoms. The monoisotopic (exact) mass is 261 g/mol. The zero-order chi connectivity index (χ0) is 13.7. The highest BCUT2D eigenvalue weighted by molar-refractivity contribution is 5.79. The highest BCUT2D eigenvalue weighted by Crippen LogP contribution is 2.30. The number of esters is 1. The molecule has 1 N–H and O–H groups in total. The van der Waals surface area contributed by atoms with Crippen LogP contribution in [-0.4, -0.2) is 18.6 Å². The third-order valence-corrected chi connectivity index (χ3v) is 3.75. The number of aryl methyl sites for hydroxylation is 1. The molecule has 1 aromatic carbocycles. The summed E-state index contributed by atoms with van der Waals surface area (Å²) >= 11 is 0. The van der Waals surface area contributed by atoms with Gasteiger partial charge in [-0.3, -0.25) is 0 Å². The van der Waals surface area contributed by atoms with Gasteiger partial charge in [0.1, 0.15) is 6.04 Å². The Labute approximate surface area is 115 Å². The van der Waals surface area contributed by atoms with E-state index in [9.17, 15) is 4.79 Å². The Morgan fingerprint density at radius 3 is 2.79 bits per heavy atom. The van der Waals surface area contributed by atoms with Crippen molar-refractivity contribution in [2.45, 2.75) is 45.6 Å². The smallest absolute Gasteiger partial charge is 0.328 e. The van der Waals surface area contributed by atoms with Crippen molar-refractivity contribution in [1.29, 1.82) is 0 Å². The van der Waals surface area contributed by atoms with Crippen LogP contribution in [0.5, 0.6) is 0 Å². The highest BCUT2D eigenvalue weighted by atomic mass is 16.5. The number of anilines is 1. The molecule has 104 valence electrons. The van der Waals surface area contributed by atoms with E-state index < -0.39 is 0 Å². The maximum absolute atomic E-state index is 12.1. The maximum atomic E-state index is 12.1. The predicted octanol–water partition coefficient (Wildman–Crippen LogP) is 3.53. The van der Waals surface area contributed by atoms with Gasteiger partial charge >= 0.3 is 5.97 Å². The van der Waals surface area contributed by atoms with Gasteiger partial charge in [-0.25, -0.2) is 4.79 Å². The van der Waals surface area contributed by atoms with E-state index in [-0.39, 0.29) is 12.0 Å². The SMILES string of the molecule is CCOC(=O)C(Nc1cccc(C)c1)C1CCCC1. The van der Waals surface area contributed by atoms with E-state index in [0.717, 1.165) is 18.5 Å². The van der Waals surface area contributed by atoms with Gasteiger partial charge in [0.15, 0.2) is 0 Å². The Kier molecular flexibility index (Phi) is 4.83. The molecule has 3 nitrogen and oxygen atoms in total. The average molecular weight is 261 g/mol. The molecule has 0 heterocycles. The zero-order valence-electron chi connectivity index (χ0n) is 11.8. The molecule has 0 aliphatic heterocycles. The van der Waals surface area contributed by atoms with Crippen LogP contribution in [0, 0.1) is 12.8 Å². The van der Waals surface area contributed by atoms with Crippen molar-refractivity contribution in [2.24, 2.45) is 5.92 Å². The van der Waals surface area contributed by atoms with Crippen molar-refractivity contribution in [2.75, 3.05) is 11.9 Å². The van der Waals surface area contributed by atoms with Gasteiger partial charge < -0.3 is 10.1 Å². The molecule has 0 aromatic heterocycles. The molecule has 1 aliphatic carbocycles. The lowest BCUT2D eigenvalue weighted by atomic mass is 9.97. The lowest BCUT2D eigenvalue weighted by molar-refractivity contribution is -0.145. The van der Waals surface area contributed by atoms with Crippen LogP contribution in [0.2, 0.25) is 0 Å². The zero-order valence-corrected chi connectivity index (χ0v) is 11.8. The van der Waals surface area contributed by atoms with Gasteiger partial charge in [0, 0.05) is 5.69 Å². The summed E-state index contributed by atoms with van der Waals surface area (Å²) in [6, 6.07) is 7.94. The normalized spacial score (nSPS) is 17.2. The quantitative estimate of drug-likeness (QED) is 0.824. The Bertz CT molecular complexity index is 425. The van der Waals surface area contributed by atoms with Crippen LogP contribution in [0.25, 0.3) is 0 Å². The topological polar surface area (TPSA) is 38.3 Å². The summed E-state index contributed by atoms with van der Waals surface area (Å²) in [5.41, 5.74) is 2.20. The van der Waals surface area contributed by atoms with Crippen LogP contribution in [0.1, 0.15) is 38.2 Å². The second-order valence-corrected chi connectivity index (χ2v) is 5.29. The van der Waals surface area contributed by atoms with Crippen molar-refractivity contribution in [1.82, 2.24) is 0 Å². The molecule has 1 atom stereocenters. The highest BCUT2D eigenvalue weighted by Gasteiger charge is 2.31. The van der Waals surface area contributed by atoms with Crippen LogP contribution >= 0.6 is 0 Å². The maximum Gasteiger partial charge on any atom is 0.328 e. The molecule has 0 saturated heterocycles. The second-order valence-electron chi connectivity index (χ2n) is 5.29. The van der Waals surface area contributed by atoms with Crippen LogP contribution < -0.4 is 5.32 Å². The largest absolute Gasteiger partial charge is 0.464 e. The number of ether oxygens (including phenoxy) is 1. The van der Waals surface area contributed by atoms with Crippen molar-refractivity contribution in [3.63, 3.8) is 0 Å². The summed E-state index contributed by atoms with van der Waals surface area (Å²) in [7, 11) is 0. The van der Waals surface area contributed by atoms with Gasteiger partial charge in [-0.2, -0.15) is 0 Å². The molecular weight excluding hydrogens is 238 g/mol. The molecule has 19 heavy (non-hydrogen) atoms. The average Bonchev–Trinajstić information content (AvgIpc) is 2.90. The molecule has 0 radical (unpaired) electrons. The summed E-state index contributed by atoms with van der Waals surface area (Å²) in [6.07, 6.45) is 4.66. The molecular formula is C16H23NO2. The predicted molar refractivity (Wildman–Crippen MR) is 77.2 cm³/mol. The van der Waals surface area contributed by atoms with E-state index in [4.69, 9.17) is 4.74 Å². The third-order valence-electron chi connectivity index (χ3n) is 3.75. The van der Waals surface area contributed by atoms with Crippen LogP contribution in [0.4, 0.5) is 5.69 Å². The van der Waals surface area contributed by atoms with Crippen LogP contribution in [0.3, 0.4) is 0 Å². The molecule has 0 bridgehead atoms. The summed E-state index contributed by atoms with van der Waals surface area (Å²) in [5, 5.41) is 3.37. The van der Waals surface area contributed by atoms with E-state index in [1.54, 1.807) is 0 Å². The molecule has 0 amide bonds. The summed E-state index contributed by atoms with van der Waals surface area (Å²) < 4.78 is 5.22. The van der Waals surface area contributed by atoms with E-state index in [2.05, 4.69) is 24.4 Å². The first-order chi connectivity index (χ1) is 9.20. The third kappa shape index (κ3) is 3.72. The van der Waals surface area contributed by atoms with Gasteiger partial charge in [0.25, 0.3) is 0 Å². The van der Waals surface area contributed by atoms with Gasteiger partial charge in [0.2, 0.25) is 0 Å². The number of benzene rings is 1. The van der Waals surface area contributed by atoms with Crippen molar-refractivity contribution >= 4 is 11.7 Å². The van der Waals surface area contributed by atoms with Crippen molar-refractivity contribution in [3.05, 3.63) is 29.8 Å². The fraction of sp³-hybridized carbons (Fsp3) is 0.562. The molecule has 3 heteroatoms. The minimum absolute atomic E-state index is 0.115. The number of nitrogens with one attached hydrogen (secondary N) is 1. The minimum Gasteiger partial charge on any atom is -0.464 e. The lowest BCUT2D eigenvalue weighted by Crippen LogP contribution is -2.37. The van der Waals surface area contributed by atoms with E-state index >= 15 is 0 Å². The first kappa shape index (κ1) is 13.9. The molecule has 1 aromatic rings. The molecule has 1 aliphatic rings. The molecule has 2 rings (SSSR count). The summed E-state index contributed by atoms with van der Waals surface area (Å²) in [5.74, 6) is 0.287. The molecule has 1 fully saturated rings. The Morgan fingerprint density at radius 2 is 2.16 bits per heavy atom. The van der Waals surface area contributed by atoms with Gasteiger partial charge in [-0.15, -0.1) is 0 Å². The fourth-order valence-corrected chi connectivity index (χ4v) is 2.81. The number of hydrogen-bond donors (Lipinski definition) is 1.